The molecule has 0 spiro atoms. The van der Waals surface area contributed by atoms with Crippen molar-refractivity contribution < 1.29 is 13.9 Å². The van der Waals surface area contributed by atoms with Gasteiger partial charge in [0.1, 0.15) is 12.4 Å². The standard InChI is InChI=1S/C23H22BrClFNO2/c1-2-28-22-12-16(13-27-14-17-7-3-5-9-20(17)25)11-19(24)23(22)29-15-18-8-4-6-10-21(18)26/h3-12,27H,2,13-15H2,1H3. The predicted molar refractivity (Wildman–Crippen MR) is 118 cm³/mol. The van der Waals surface area contributed by atoms with E-state index in [2.05, 4.69) is 21.2 Å². The van der Waals surface area contributed by atoms with Crippen LogP contribution in [0.15, 0.2) is 65.1 Å². The van der Waals surface area contributed by atoms with E-state index in [4.69, 9.17) is 21.1 Å². The van der Waals surface area contributed by atoms with Crippen molar-refractivity contribution in [1.82, 2.24) is 5.32 Å². The molecule has 0 radical (unpaired) electrons. The molecule has 1 N–H and O–H groups in total. The van der Waals surface area contributed by atoms with Crippen LogP contribution in [0, 0.1) is 5.82 Å². The fraction of sp³-hybridized carbons (Fsp3) is 0.217. The number of nitrogens with one attached hydrogen (secondary N) is 1. The summed E-state index contributed by atoms with van der Waals surface area (Å²) in [6, 6.07) is 18.2. The SMILES string of the molecule is CCOc1cc(CNCc2ccccc2Cl)cc(Br)c1OCc1ccccc1F. The third-order valence-corrected chi connectivity index (χ3v) is 5.26. The van der Waals surface area contributed by atoms with Gasteiger partial charge in [-0.05, 0) is 58.2 Å². The van der Waals surface area contributed by atoms with E-state index in [0.717, 1.165) is 20.6 Å². The van der Waals surface area contributed by atoms with Crippen molar-refractivity contribution in [2.45, 2.75) is 26.6 Å². The quantitative estimate of drug-likeness (QED) is 0.380. The number of rotatable bonds is 9. The molecule has 3 nitrogen and oxygen atoms in total. The van der Waals surface area contributed by atoms with Crippen LogP contribution in [-0.2, 0) is 19.7 Å². The monoisotopic (exact) mass is 477 g/mol. The molecule has 3 aromatic carbocycles. The normalized spacial score (nSPS) is 10.8. The minimum atomic E-state index is -0.290. The molecule has 0 atom stereocenters. The van der Waals surface area contributed by atoms with Gasteiger partial charge >= 0.3 is 0 Å². The highest BCUT2D eigenvalue weighted by Gasteiger charge is 2.14. The molecule has 3 rings (SSSR count). The number of benzene rings is 3. The highest BCUT2D eigenvalue weighted by molar-refractivity contribution is 9.10. The summed E-state index contributed by atoms with van der Waals surface area (Å²) in [7, 11) is 0. The zero-order valence-corrected chi connectivity index (χ0v) is 18.4. The van der Waals surface area contributed by atoms with Crippen LogP contribution >= 0.6 is 27.5 Å². The van der Waals surface area contributed by atoms with Crippen molar-refractivity contribution in [3.8, 4) is 11.5 Å². The van der Waals surface area contributed by atoms with E-state index in [1.165, 1.54) is 6.07 Å². The molecule has 0 aliphatic carbocycles. The maximum Gasteiger partial charge on any atom is 0.175 e. The molecule has 0 aliphatic heterocycles. The van der Waals surface area contributed by atoms with Gasteiger partial charge in [-0.1, -0.05) is 48.0 Å². The van der Waals surface area contributed by atoms with Crippen molar-refractivity contribution in [3.63, 3.8) is 0 Å². The Balaban J connectivity index is 1.70. The van der Waals surface area contributed by atoms with Gasteiger partial charge in [0.05, 0.1) is 11.1 Å². The third kappa shape index (κ3) is 5.95. The summed E-state index contributed by atoms with van der Waals surface area (Å²) in [6.07, 6.45) is 0. The van der Waals surface area contributed by atoms with Gasteiger partial charge in [0.2, 0.25) is 0 Å². The summed E-state index contributed by atoms with van der Waals surface area (Å²) < 4.78 is 26.3. The lowest BCUT2D eigenvalue weighted by Gasteiger charge is -2.16. The van der Waals surface area contributed by atoms with Crippen LogP contribution in [-0.4, -0.2) is 6.61 Å². The predicted octanol–water partition coefficient (Wildman–Crippen LogP) is 6.51. The topological polar surface area (TPSA) is 30.5 Å². The molecule has 0 fully saturated rings. The van der Waals surface area contributed by atoms with Crippen LogP contribution < -0.4 is 14.8 Å². The number of hydrogen-bond acceptors (Lipinski definition) is 3. The Hall–Kier alpha value is -2.08. The first-order valence-electron chi connectivity index (χ1n) is 9.34. The van der Waals surface area contributed by atoms with E-state index in [-0.39, 0.29) is 12.4 Å². The summed E-state index contributed by atoms with van der Waals surface area (Å²) in [4.78, 5) is 0. The van der Waals surface area contributed by atoms with Crippen LogP contribution in [0.5, 0.6) is 11.5 Å². The van der Waals surface area contributed by atoms with Gasteiger partial charge in [0.15, 0.2) is 11.5 Å². The lowest BCUT2D eigenvalue weighted by atomic mass is 10.1. The van der Waals surface area contributed by atoms with Gasteiger partial charge < -0.3 is 14.8 Å². The maximum atomic E-state index is 13.9. The van der Waals surface area contributed by atoms with Gasteiger partial charge in [-0.3, -0.25) is 0 Å². The van der Waals surface area contributed by atoms with Gasteiger partial charge in [0.25, 0.3) is 0 Å². The van der Waals surface area contributed by atoms with E-state index in [1.807, 2.05) is 43.3 Å². The fourth-order valence-corrected chi connectivity index (χ4v) is 3.68. The molecular weight excluding hydrogens is 457 g/mol. The van der Waals surface area contributed by atoms with Crippen molar-refractivity contribution in [3.05, 3.63) is 92.7 Å². The van der Waals surface area contributed by atoms with Crippen LogP contribution in [0.1, 0.15) is 23.6 Å². The summed E-state index contributed by atoms with van der Waals surface area (Å²) in [5, 5.41) is 4.13. The smallest absolute Gasteiger partial charge is 0.175 e. The third-order valence-electron chi connectivity index (χ3n) is 4.30. The Morgan fingerprint density at radius 1 is 0.966 bits per heavy atom. The lowest BCUT2D eigenvalue weighted by molar-refractivity contribution is 0.264. The summed E-state index contributed by atoms with van der Waals surface area (Å²) in [5.41, 5.74) is 2.57. The van der Waals surface area contributed by atoms with Crippen LogP contribution in [0.4, 0.5) is 4.39 Å². The van der Waals surface area contributed by atoms with Crippen molar-refractivity contribution >= 4 is 27.5 Å². The van der Waals surface area contributed by atoms with Crippen LogP contribution in [0.2, 0.25) is 5.02 Å². The zero-order chi connectivity index (χ0) is 20.6. The summed E-state index contributed by atoms with van der Waals surface area (Å²) >= 11 is 9.77. The Morgan fingerprint density at radius 3 is 2.41 bits per heavy atom. The average molecular weight is 479 g/mol. The molecule has 0 amide bonds. The summed E-state index contributed by atoms with van der Waals surface area (Å²) in [5.74, 6) is 0.889. The molecule has 6 heteroatoms. The van der Waals surface area contributed by atoms with E-state index in [9.17, 15) is 4.39 Å². The second-order valence-corrected chi connectivity index (χ2v) is 7.67. The Labute approximate surface area is 183 Å². The van der Waals surface area contributed by atoms with Gasteiger partial charge in [0, 0.05) is 23.7 Å². The minimum Gasteiger partial charge on any atom is -0.490 e. The molecule has 0 heterocycles. The molecule has 0 bridgehead atoms. The first-order chi connectivity index (χ1) is 14.1. The molecule has 0 saturated heterocycles. The molecule has 3 aromatic rings. The molecule has 29 heavy (non-hydrogen) atoms. The molecular formula is C23H22BrClFNO2. The summed E-state index contributed by atoms with van der Waals surface area (Å²) in [6.45, 7) is 3.83. The van der Waals surface area contributed by atoms with Gasteiger partial charge in [-0.2, -0.15) is 0 Å². The van der Waals surface area contributed by atoms with Crippen molar-refractivity contribution in [2.24, 2.45) is 0 Å². The first-order valence-corrected chi connectivity index (χ1v) is 10.5. The molecule has 0 unspecified atom stereocenters. The number of ether oxygens (including phenoxy) is 2. The van der Waals surface area contributed by atoms with Crippen molar-refractivity contribution in [1.29, 1.82) is 0 Å². The Bertz CT molecular complexity index is 967. The van der Waals surface area contributed by atoms with Crippen LogP contribution in [0.3, 0.4) is 0 Å². The van der Waals surface area contributed by atoms with Crippen molar-refractivity contribution in [2.75, 3.05) is 6.61 Å². The fourth-order valence-electron chi connectivity index (χ4n) is 2.88. The minimum absolute atomic E-state index is 0.120. The van der Waals surface area contributed by atoms with E-state index in [0.29, 0.717) is 36.8 Å². The van der Waals surface area contributed by atoms with E-state index >= 15 is 0 Å². The molecule has 0 aliphatic rings. The molecule has 152 valence electrons. The second-order valence-electron chi connectivity index (χ2n) is 6.41. The van der Waals surface area contributed by atoms with Crippen LogP contribution in [0.25, 0.3) is 0 Å². The Morgan fingerprint density at radius 2 is 1.69 bits per heavy atom. The number of hydrogen-bond donors (Lipinski definition) is 1. The highest BCUT2D eigenvalue weighted by atomic mass is 79.9. The maximum absolute atomic E-state index is 13.9. The lowest BCUT2D eigenvalue weighted by Crippen LogP contribution is -2.13. The van der Waals surface area contributed by atoms with E-state index < -0.39 is 0 Å². The highest BCUT2D eigenvalue weighted by Crippen LogP contribution is 2.37. The second kappa shape index (κ2) is 10.6. The molecule has 0 saturated carbocycles. The average Bonchev–Trinajstić information content (AvgIpc) is 2.70. The van der Waals surface area contributed by atoms with Gasteiger partial charge in [-0.25, -0.2) is 4.39 Å². The zero-order valence-electron chi connectivity index (χ0n) is 16.1. The largest absolute Gasteiger partial charge is 0.490 e. The molecule has 0 aromatic heterocycles. The number of halogens is 3. The Kier molecular flexibility index (Phi) is 7.92. The van der Waals surface area contributed by atoms with Gasteiger partial charge in [-0.15, -0.1) is 0 Å². The first kappa shape index (κ1) is 21.6. The van der Waals surface area contributed by atoms with E-state index in [1.54, 1.807) is 18.2 Å².